The molecule has 0 saturated carbocycles. The molecule has 5 heterocycles. The standard InChI is InChI=1S/C25H28F2N8O2.ClH/c1-15-16(10-29-35(15)23-9-22(30-25(28)31-23)33-12-19(36)13-33)3-2-4-32-5-6-34-18(11-32)14-37-24-20(27)7-17(26)8-21(24)34;/h2-3,7-10,18-19,36H,4-6,11-14H2,1H3,(H2,28,30,31);1H/b3-2+;. The molecule has 202 valence electrons. The van der Waals surface area contributed by atoms with Gasteiger partial charge in [-0.3, -0.25) is 4.90 Å². The van der Waals surface area contributed by atoms with Crippen molar-refractivity contribution in [1.82, 2.24) is 24.6 Å². The molecule has 2 fully saturated rings. The predicted molar refractivity (Wildman–Crippen MR) is 142 cm³/mol. The Labute approximate surface area is 224 Å². The van der Waals surface area contributed by atoms with Crippen molar-refractivity contribution in [1.29, 1.82) is 0 Å². The number of benzene rings is 1. The van der Waals surface area contributed by atoms with E-state index in [4.69, 9.17) is 10.5 Å². The number of aliphatic hydroxyl groups excluding tert-OH is 1. The molecule has 10 nitrogen and oxygen atoms in total. The molecule has 1 aromatic carbocycles. The predicted octanol–water partition coefficient (Wildman–Crippen LogP) is 2.03. The first-order valence-corrected chi connectivity index (χ1v) is 12.3. The molecule has 3 aromatic rings. The Morgan fingerprint density at radius 1 is 1.13 bits per heavy atom. The van der Waals surface area contributed by atoms with Crippen molar-refractivity contribution < 1.29 is 18.6 Å². The molecule has 1 atom stereocenters. The maximum atomic E-state index is 14.1. The van der Waals surface area contributed by atoms with Crippen molar-refractivity contribution in [3.63, 3.8) is 0 Å². The normalized spacial score (nSPS) is 19.5. The van der Waals surface area contributed by atoms with Crippen LogP contribution in [0, 0.1) is 18.6 Å². The van der Waals surface area contributed by atoms with Crippen LogP contribution in [0.25, 0.3) is 11.9 Å². The number of rotatable bonds is 5. The monoisotopic (exact) mass is 546 g/mol. The Balaban J connectivity index is 0.00000294. The van der Waals surface area contributed by atoms with Gasteiger partial charge in [0.1, 0.15) is 18.2 Å². The lowest BCUT2D eigenvalue weighted by Crippen LogP contribution is -2.57. The lowest BCUT2D eigenvalue weighted by molar-refractivity contribution is 0.141. The fourth-order valence-corrected chi connectivity index (χ4v) is 5.13. The second-order valence-electron chi connectivity index (χ2n) is 9.65. The highest BCUT2D eigenvalue weighted by atomic mass is 35.5. The molecule has 6 rings (SSSR count). The summed E-state index contributed by atoms with van der Waals surface area (Å²) in [5, 5.41) is 14.1. The number of anilines is 3. The molecule has 1 unspecified atom stereocenters. The Kier molecular flexibility index (Phi) is 7.12. The highest BCUT2D eigenvalue weighted by Gasteiger charge is 2.34. The average molecular weight is 547 g/mol. The summed E-state index contributed by atoms with van der Waals surface area (Å²) in [4.78, 5) is 14.9. The van der Waals surface area contributed by atoms with Crippen LogP contribution in [0.2, 0.25) is 0 Å². The second kappa shape index (κ2) is 10.4. The van der Waals surface area contributed by atoms with E-state index >= 15 is 0 Å². The van der Waals surface area contributed by atoms with E-state index in [0.717, 1.165) is 37.0 Å². The summed E-state index contributed by atoms with van der Waals surface area (Å²) in [6, 6.07) is 4.06. The maximum absolute atomic E-state index is 14.1. The number of halogens is 3. The number of β-amino-alcohol motifs (C(OH)–C–C–N with tert-alkyl or cyclic N) is 1. The summed E-state index contributed by atoms with van der Waals surface area (Å²) in [7, 11) is 0. The highest BCUT2D eigenvalue weighted by molar-refractivity contribution is 5.85. The highest BCUT2D eigenvalue weighted by Crippen LogP contribution is 2.38. The molecule has 3 aliphatic heterocycles. The van der Waals surface area contributed by atoms with E-state index in [2.05, 4.69) is 26.0 Å². The van der Waals surface area contributed by atoms with E-state index in [9.17, 15) is 13.9 Å². The van der Waals surface area contributed by atoms with Crippen LogP contribution in [0.15, 0.2) is 30.5 Å². The third-order valence-electron chi connectivity index (χ3n) is 7.11. The number of nitrogens with zero attached hydrogens (tertiary/aromatic N) is 7. The van der Waals surface area contributed by atoms with Gasteiger partial charge in [-0.25, -0.2) is 13.5 Å². The summed E-state index contributed by atoms with van der Waals surface area (Å²) in [6.45, 7) is 6.25. The zero-order valence-electron chi connectivity index (χ0n) is 20.8. The van der Waals surface area contributed by atoms with Crippen molar-refractivity contribution in [3.8, 4) is 11.6 Å². The van der Waals surface area contributed by atoms with Gasteiger partial charge in [0.2, 0.25) is 5.95 Å². The van der Waals surface area contributed by atoms with Gasteiger partial charge in [-0.2, -0.15) is 15.1 Å². The van der Waals surface area contributed by atoms with Crippen molar-refractivity contribution in [2.75, 3.05) is 61.4 Å². The van der Waals surface area contributed by atoms with Crippen molar-refractivity contribution in [2.24, 2.45) is 0 Å². The fraction of sp³-hybridized carbons (Fsp3) is 0.400. The quantitative estimate of drug-likeness (QED) is 0.497. The lowest BCUT2D eigenvalue weighted by atomic mass is 10.1. The fourth-order valence-electron chi connectivity index (χ4n) is 5.13. The molecule has 38 heavy (non-hydrogen) atoms. The number of ether oxygens (including phenoxy) is 1. The molecule has 0 radical (unpaired) electrons. The molecule has 2 saturated heterocycles. The zero-order chi connectivity index (χ0) is 25.7. The van der Waals surface area contributed by atoms with E-state index in [0.29, 0.717) is 43.6 Å². The topological polar surface area (TPSA) is 109 Å². The second-order valence-corrected chi connectivity index (χ2v) is 9.65. The zero-order valence-corrected chi connectivity index (χ0v) is 21.6. The number of aromatic nitrogens is 4. The van der Waals surface area contributed by atoms with Crippen LogP contribution in [0.4, 0.5) is 26.2 Å². The number of piperazine rings is 1. The van der Waals surface area contributed by atoms with E-state index in [1.807, 2.05) is 28.9 Å². The van der Waals surface area contributed by atoms with Crippen LogP contribution in [0.5, 0.6) is 5.75 Å². The van der Waals surface area contributed by atoms with Crippen LogP contribution in [0.3, 0.4) is 0 Å². The van der Waals surface area contributed by atoms with E-state index in [1.54, 1.807) is 10.9 Å². The third-order valence-corrected chi connectivity index (χ3v) is 7.11. The van der Waals surface area contributed by atoms with Gasteiger partial charge >= 0.3 is 0 Å². The van der Waals surface area contributed by atoms with E-state index in [1.165, 1.54) is 6.07 Å². The Morgan fingerprint density at radius 3 is 2.71 bits per heavy atom. The van der Waals surface area contributed by atoms with Gasteiger partial charge in [0, 0.05) is 63.0 Å². The SMILES string of the molecule is Cc1c(/C=C/CN2CCN3c4cc(F)cc(F)c4OCC3C2)cnn1-c1cc(N2CC(O)C2)nc(N)n1.Cl. The van der Waals surface area contributed by atoms with Crippen LogP contribution >= 0.6 is 12.4 Å². The van der Waals surface area contributed by atoms with Crippen LogP contribution in [-0.4, -0.2) is 87.8 Å². The molecular weight excluding hydrogens is 518 g/mol. The third kappa shape index (κ3) is 4.86. The molecule has 0 bridgehead atoms. The molecule has 3 aliphatic rings. The van der Waals surface area contributed by atoms with Crippen LogP contribution in [-0.2, 0) is 0 Å². The molecule has 0 spiro atoms. The summed E-state index contributed by atoms with van der Waals surface area (Å²) < 4.78 is 35.3. The number of hydrogen-bond donors (Lipinski definition) is 2. The largest absolute Gasteiger partial charge is 0.486 e. The smallest absolute Gasteiger partial charge is 0.224 e. The van der Waals surface area contributed by atoms with Gasteiger partial charge < -0.3 is 25.4 Å². The minimum Gasteiger partial charge on any atom is -0.486 e. The number of aliphatic hydroxyl groups is 1. The number of nitrogen functional groups attached to an aromatic ring is 1. The van der Waals surface area contributed by atoms with Crippen LogP contribution in [0.1, 0.15) is 11.3 Å². The molecular formula is C25H29ClF2N8O2. The molecule has 2 aromatic heterocycles. The Hall–Kier alpha value is -3.48. The first-order chi connectivity index (χ1) is 17.9. The minimum atomic E-state index is -0.657. The van der Waals surface area contributed by atoms with Gasteiger partial charge in [-0.05, 0) is 6.92 Å². The van der Waals surface area contributed by atoms with Crippen molar-refractivity contribution in [2.45, 2.75) is 19.1 Å². The van der Waals surface area contributed by atoms with Crippen molar-refractivity contribution >= 4 is 35.9 Å². The van der Waals surface area contributed by atoms with Crippen LogP contribution < -0.4 is 20.3 Å². The summed E-state index contributed by atoms with van der Waals surface area (Å²) in [5.74, 6) is 0.275. The summed E-state index contributed by atoms with van der Waals surface area (Å²) in [6.07, 6.45) is 5.55. The Morgan fingerprint density at radius 2 is 1.92 bits per heavy atom. The molecule has 0 amide bonds. The van der Waals surface area contributed by atoms with Gasteiger partial charge in [0.15, 0.2) is 17.4 Å². The summed E-state index contributed by atoms with van der Waals surface area (Å²) in [5.41, 5.74) is 8.29. The lowest BCUT2D eigenvalue weighted by Gasteiger charge is -2.45. The molecule has 0 aliphatic carbocycles. The van der Waals surface area contributed by atoms with E-state index in [-0.39, 0.29) is 36.3 Å². The number of fused-ring (bicyclic) bond motifs is 3. The van der Waals surface area contributed by atoms with Gasteiger partial charge in [0.05, 0.1) is 29.7 Å². The Bertz CT molecular complexity index is 1360. The number of hydrogen-bond acceptors (Lipinski definition) is 9. The van der Waals surface area contributed by atoms with E-state index < -0.39 is 11.6 Å². The first kappa shape index (κ1) is 26.1. The first-order valence-electron chi connectivity index (χ1n) is 12.3. The summed E-state index contributed by atoms with van der Waals surface area (Å²) >= 11 is 0. The number of nitrogens with two attached hydrogens (primary N) is 1. The van der Waals surface area contributed by atoms with Gasteiger partial charge in [0.25, 0.3) is 0 Å². The molecule has 13 heteroatoms. The minimum absolute atomic E-state index is 0. The van der Waals surface area contributed by atoms with Gasteiger partial charge in [-0.1, -0.05) is 12.2 Å². The average Bonchev–Trinajstić information content (AvgIpc) is 3.21. The molecule has 3 N–H and O–H groups in total. The van der Waals surface area contributed by atoms with Gasteiger partial charge in [-0.15, -0.1) is 12.4 Å². The van der Waals surface area contributed by atoms with Crippen molar-refractivity contribution in [3.05, 3.63) is 53.4 Å². The maximum Gasteiger partial charge on any atom is 0.224 e.